The molecule has 144 valence electrons. The Hall–Kier alpha value is -3.10. The molecule has 28 heavy (non-hydrogen) atoms. The molecule has 3 aromatic rings. The molecular weight excluding hydrogens is 348 g/mol. The van der Waals surface area contributed by atoms with Crippen molar-refractivity contribution in [3.05, 3.63) is 83.4 Å². The lowest BCUT2D eigenvalue weighted by Gasteiger charge is -2.15. The summed E-state index contributed by atoms with van der Waals surface area (Å²) in [5, 5.41) is 12.5. The minimum atomic E-state index is 0.452. The van der Waals surface area contributed by atoms with Crippen LogP contribution in [0.5, 0.6) is 5.75 Å². The average Bonchev–Trinajstić information content (AvgIpc) is 3.11. The van der Waals surface area contributed by atoms with Crippen LogP contribution in [0.25, 0.3) is 0 Å². The van der Waals surface area contributed by atoms with E-state index in [-0.39, 0.29) is 0 Å². The second kappa shape index (κ2) is 9.72. The summed E-state index contributed by atoms with van der Waals surface area (Å²) in [5.74, 6) is 2.40. The highest BCUT2D eigenvalue weighted by molar-refractivity contribution is 5.33. The Bertz CT molecular complexity index is 942. The molecule has 0 amide bonds. The number of imidazole rings is 1. The fraction of sp³-hybridized carbons (Fsp3) is 0.304. The van der Waals surface area contributed by atoms with Gasteiger partial charge in [0.05, 0.1) is 11.6 Å². The zero-order valence-corrected chi connectivity index (χ0v) is 16.4. The third kappa shape index (κ3) is 5.70. The maximum absolute atomic E-state index is 8.99. The second-order valence-electron chi connectivity index (χ2n) is 7.11. The molecule has 0 fully saturated rings. The molecule has 3 rings (SSSR count). The number of ether oxygens (including phenoxy) is 1. The van der Waals surface area contributed by atoms with Gasteiger partial charge < -0.3 is 14.6 Å². The van der Waals surface area contributed by atoms with Crippen LogP contribution >= 0.6 is 0 Å². The summed E-state index contributed by atoms with van der Waals surface area (Å²) in [6.45, 7) is 7.42. The monoisotopic (exact) mass is 374 g/mol. The number of hydrogen-bond acceptors (Lipinski definition) is 4. The van der Waals surface area contributed by atoms with E-state index in [0.717, 1.165) is 36.8 Å². The molecule has 0 radical (unpaired) electrons. The molecule has 0 aliphatic heterocycles. The van der Waals surface area contributed by atoms with E-state index in [1.807, 2.05) is 49.6 Å². The lowest BCUT2D eigenvalue weighted by Crippen LogP contribution is -2.24. The van der Waals surface area contributed by atoms with Crippen molar-refractivity contribution in [3.8, 4) is 11.8 Å². The molecule has 1 atom stereocenters. The maximum atomic E-state index is 8.99. The Morgan fingerprint density at radius 2 is 2.00 bits per heavy atom. The summed E-state index contributed by atoms with van der Waals surface area (Å²) < 4.78 is 8.08. The van der Waals surface area contributed by atoms with E-state index in [2.05, 4.69) is 40.0 Å². The van der Waals surface area contributed by atoms with Crippen LogP contribution in [-0.2, 0) is 19.7 Å². The Labute approximate surface area is 166 Å². The van der Waals surface area contributed by atoms with Crippen molar-refractivity contribution in [2.45, 2.75) is 33.5 Å². The predicted octanol–water partition coefficient (Wildman–Crippen LogP) is 4.07. The van der Waals surface area contributed by atoms with Crippen LogP contribution in [0.15, 0.2) is 60.9 Å². The minimum absolute atomic E-state index is 0.452. The first kappa shape index (κ1) is 19.7. The molecule has 0 saturated heterocycles. The van der Waals surface area contributed by atoms with E-state index in [0.29, 0.717) is 18.1 Å². The first-order valence-electron chi connectivity index (χ1n) is 9.53. The summed E-state index contributed by atoms with van der Waals surface area (Å²) in [4.78, 5) is 4.27. The van der Waals surface area contributed by atoms with Gasteiger partial charge in [0.15, 0.2) is 0 Å². The summed E-state index contributed by atoms with van der Waals surface area (Å²) >= 11 is 0. The number of aryl methyl sites for hydroxylation is 1. The normalized spacial score (nSPS) is 11.8. The molecule has 0 saturated carbocycles. The van der Waals surface area contributed by atoms with Crippen molar-refractivity contribution in [3.63, 3.8) is 0 Å². The molecule has 0 spiro atoms. The first-order chi connectivity index (χ1) is 13.6. The zero-order valence-electron chi connectivity index (χ0n) is 16.4. The first-order valence-corrected chi connectivity index (χ1v) is 9.53. The van der Waals surface area contributed by atoms with E-state index in [4.69, 9.17) is 10.00 Å². The van der Waals surface area contributed by atoms with Crippen molar-refractivity contribution < 1.29 is 4.74 Å². The lowest BCUT2D eigenvalue weighted by atomic mass is 10.1. The van der Waals surface area contributed by atoms with Gasteiger partial charge in [-0.05, 0) is 54.8 Å². The third-order valence-electron chi connectivity index (χ3n) is 4.61. The number of aromatic nitrogens is 2. The number of nitriles is 1. The second-order valence-corrected chi connectivity index (χ2v) is 7.11. The van der Waals surface area contributed by atoms with Crippen LogP contribution in [0.3, 0.4) is 0 Å². The van der Waals surface area contributed by atoms with Gasteiger partial charge in [-0.25, -0.2) is 4.98 Å². The average molecular weight is 374 g/mol. The lowest BCUT2D eigenvalue weighted by molar-refractivity contribution is 0.306. The number of rotatable bonds is 9. The van der Waals surface area contributed by atoms with Gasteiger partial charge in [0.25, 0.3) is 0 Å². The smallest absolute Gasteiger partial charge is 0.120 e. The number of nitrogens with zero attached hydrogens (tertiary/aromatic N) is 3. The fourth-order valence-electron chi connectivity index (χ4n) is 3.10. The molecule has 0 aliphatic rings. The van der Waals surface area contributed by atoms with E-state index >= 15 is 0 Å². The van der Waals surface area contributed by atoms with Gasteiger partial charge in [-0.3, -0.25) is 0 Å². The highest BCUT2D eigenvalue weighted by Gasteiger charge is 2.05. The van der Waals surface area contributed by atoms with Crippen LogP contribution in [0, 0.1) is 24.2 Å². The molecule has 5 nitrogen and oxygen atoms in total. The Balaban J connectivity index is 1.46. The van der Waals surface area contributed by atoms with Gasteiger partial charge in [-0.15, -0.1) is 0 Å². The van der Waals surface area contributed by atoms with E-state index in [1.165, 1.54) is 5.56 Å². The van der Waals surface area contributed by atoms with Crippen LogP contribution in [-0.4, -0.2) is 16.1 Å². The summed E-state index contributed by atoms with van der Waals surface area (Å²) in [6.07, 6.45) is 3.87. The van der Waals surface area contributed by atoms with Crippen molar-refractivity contribution in [2.75, 3.05) is 6.54 Å². The van der Waals surface area contributed by atoms with Crippen molar-refractivity contribution in [2.24, 2.45) is 5.92 Å². The molecular formula is C23H26N4O. The molecule has 0 bridgehead atoms. The minimum Gasteiger partial charge on any atom is -0.489 e. The van der Waals surface area contributed by atoms with Crippen LogP contribution in [0.1, 0.15) is 29.4 Å². The molecule has 1 unspecified atom stereocenters. The summed E-state index contributed by atoms with van der Waals surface area (Å²) in [7, 11) is 0. The van der Waals surface area contributed by atoms with E-state index < -0.39 is 0 Å². The predicted molar refractivity (Wildman–Crippen MR) is 110 cm³/mol. The molecule has 1 heterocycles. The standard InChI is InChI=1S/C23H26N4O/c1-18(16-27-10-9-26-19(27)2)14-25-15-21-6-4-8-23(12-21)28-17-22-7-3-5-20(11-22)13-24/h3-12,18,25H,14-17H2,1-2H3. The Morgan fingerprint density at radius 3 is 2.79 bits per heavy atom. The van der Waals surface area contributed by atoms with Crippen LogP contribution < -0.4 is 10.1 Å². The summed E-state index contributed by atoms with van der Waals surface area (Å²) in [5.41, 5.74) is 2.83. The molecule has 5 heteroatoms. The summed E-state index contributed by atoms with van der Waals surface area (Å²) in [6, 6.07) is 17.8. The van der Waals surface area contributed by atoms with E-state index in [1.54, 1.807) is 6.07 Å². The third-order valence-corrected chi connectivity index (χ3v) is 4.61. The van der Waals surface area contributed by atoms with Gasteiger partial charge >= 0.3 is 0 Å². The highest BCUT2D eigenvalue weighted by Crippen LogP contribution is 2.16. The van der Waals surface area contributed by atoms with Crippen molar-refractivity contribution >= 4 is 0 Å². The van der Waals surface area contributed by atoms with Gasteiger partial charge in [-0.2, -0.15) is 5.26 Å². The fourth-order valence-corrected chi connectivity index (χ4v) is 3.10. The molecule has 1 N–H and O–H groups in total. The zero-order chi connectivity index (χ0) is 19.8. The molecule has 1 aromatic heterocycles. The van der Waals surface area contributed by atoms with E-state index in [9.17, 15) is 0 Å². The van der Waals surface area contributed by atoms with Gasteiger partial charge in [0.2, 0.25) is 0 Å². The van der Waals surface area contributed by atoms with Crippen LogP contribution in [0.4, 0.5) is 0 Å². The molecule has 2 aromatic carbocycles. The highest BCUT2D eigenvalue weighted by atomic mass is 16.5. The Kier molecular flexibility index (Phi) is 6.83. The van der Waals surface area contributed by atoms with Crippen molar-refractivity contribution in [1.29, 1.82) is 5.26 Å². The van der Waals surface area contributed by atoms with Gasteiger partial charge in [0.1, 0.15) is 18.2 Å². The van der Waals surface area contributed by atoms with Crippen LogP contribution in [0.2, 0.25) is 0 Å². The molecule has 0 aliphatic carbocycles. The maximum Gasteiger partial charge on any atom is 0.120 e. The largest absolute Gasteiger partial charge is 0.489 e. The topological polar surface area (TPSA) is 62.9 Å². The van der Waals surface area contributed by atoms with Gasteiger partial charge in [0, 0.05) is 25.5 Å². The Morgan fingerprint density at radius 1 is 1.18 bits per heavy atom. The van der Waals surface area contributed by atoms with Crippen molar-refractivity contribution in [1.82, 2.24) is 14.9 Å². The number of nitrogens with one attached hydrogen (secondary N) is 1. The van der Waals surface area contributed by atoms with Gasteiger partial charge in [-0.1, -0.05) is 31.2 Å². The quantitative estimate of drug-likeness (QED) is 0.613. The number of benzene rings is 2. The SMILES string of the molecule is Cc1nccn1CC(C)CNCc1cccc(OCc2cccc(C#N)c2)c1. The number of hydrogen-bond donors (Lipinski definition) is 1.